The summed E-state index contributed by atoms with van der Waals surface area (Å²) < 4.78 is 40.2. The first-order valence-electron chi connectivity index (χ1n) is 7.09. The van der Waals surface area contributed by atoms with Crippen LogP contribution in [0, 0.1) is 0 Å². The van der Waals surface area contributed by atoms with Crippen molar-refractivity contribution in [3.63, 3.8) is 0 Å². The van der Waals surface area contributed by atoms with Gasteiger partial charge < -0.3 is 0 Å². The van der Waals surface area contributed by atoms with E-state index in [4.69, 9.17) is 29.0 Å². The zero-order valence-corrected chi connectivity index (χ0v) is 14.3. The molecule has 0 unspecified atom stereocenters. The number of halogens is 5. The number of nitrogens with zero attached hydrogens (tertiary/aromatic N) is 3. The van der Waals surface area contributed by atoms with Crippen LogP contribution in [0.1, 0.15) is 21.6 Å². The molecule has 0 saturated carbocycles. The molecule has 26 heavy (non-hydrogen) atoms. The van der Waals surface area contributed by atoms with Crippen molar-refractivity contribution < 1.29 is 18.0 Å². The third-order valence-electron chi connectivity index (χ3n) is 3.60. The zero-order valence-electron chi connectivity index (χ0n) is 12.8. The second-order valence-electron chi connectivity index (χ2n) is 5.30. The van der Waals surface area contributed by atoms with Crippen molar-refractivity contribution in [1.29, 1.82) is 0 Å². The van der Waals surface area contributed by atoms with Crippen molar-refractivity contribution in [2.24, 2.45) is 5.84 Å². The second-order valence-corrected chi connectivity index (χ2v) is 6.15. The molecule has 0 bridgehead atoms. The average molecular weight is 404 g/mol. The van der Waals surface area contributed by atoms with Gasteiger partial charge in [-0.05, 0) is 23.8 Å². The summed E-state index contributed by atoms with van der Waals surface area (Å²) in [5.41, 5.74) is 1.30. The summed E-state index contributed by atoms with van der Waals surface area (Å²) in [6.45, 7) is 0.00729. The maximum atomic E-state index is 13.0. The lowest BCUT2D eigenvalue weighted by Crippen LogP contribution is -2.30. The van der Waals surface area contributed by atoms with Gasteiger partial charge in [0.2, 0.25) is 0 Å². The first-order valence-corrected chi connectivity index (χ1v) is 7.85. The number of nitrogens with one attached hydrogen (secondary N) is 1. The van der Waals surface area contributed by atoms with Crippen LogP contribution in [-0.2, 0) is 12.7 Å². The topological polar surface area (TPSA) is 85.8 Å². The van der Waals surface area contributed by atoms with Crippen LogP contribution in [0.2, 0.25) is 10.0 Å². The SMILES string of the molecule is NNC(=O)c1nn(Cc2ccc(Cl)cc2Cl)c2cc(C(F)(F)F)cnc12. The number of aromatic nitrogens is 3. The average Bonchev–Trinajstić information content (AvgIpc) is 2.94. The third kappa shape index (κ3) is 3.46. The van der Waals surface area contributed by atoms with Crippen molar-refractivity contribution in [3.05, 3.63) is 57.3 Å². The smallest absolute Gasteiger partial charge is 0.289 e. The summed E-state index contributed by atoms with van der Waals surface area (Å²) in [6, 6.07) is 5.56. The standard InChI is InChI=1S/C15H10Cl2F3N5O/c16-9-2-1-7(10(17)4-9)6-25-11-3-8(15(18,19)20)5-22-12(11)13(24-25)14(26)23-21/h1-5H,6,21H2,(H,23,26). The number of carbonyl (C=O) groups excluding carboxylic acids is 1. The molecule has 0 saturated heterocycles. The Balaban J connectivity index is 2.17. The molecule has 2 heterocycles. The molecule has 0 aliphatic rings. The van der Waals surface area contributed by atoms with E-state index in [-0.39, 0.29) is 23.3 Å². The molecule has 0 spiro atoms. The van der Waals surface area contributed by atoms with Crippen LogP contribution in [0.15, 0.2) is 30.5 Å². The predicted octanol–water partition coefficient (Wildman–Crippen LogP) is 3.41. The molecule has 3 N–H and O–H groups in total. The fraction of sp³-hybridized carbons (Fsp3) is 0.133. The molecular formula is C15H10Cl2F3N5O. The highest BCUT2D eigenvalue weighted by atomic mass is 35.5. The second kappa shape index (κ2) is 6.75. The number of benzene rings is 1. The van der Waals surface area contributed by atoms with Crippen molar-refractivity contribution >= 4 is 40.1 Å². The Kier molecular flexibility index (Phi) is 4.78. The lowest BCUT2D eigenvalue weighted by atomic mass is 10.2. The van der Waals surface area contributed by atoms with E-state index in [0.29, 0.717) is 21.8 Å². The summed E-state index contributed by atoms with van der Waals surface area (Å²) in [6.07, 6.45) is -3.96. The number of rotatable bonds is 3. The molecule has 0 aliphatic carbocycles. The lowest BCUT2D eigenvalue weighted by molar-refractivity contribution is -0.137. The lowest BCUT2D eigenvalue weighted by Gasteiger charge is -2.08. The van der Waals surface area contributed by atoms with E-state index in [1.54, 1.807) is 12.1 Å². The van der Waals surface area contributed by atoms with Crippen molar-refractivity contribution in [1.82, 2.24) is 20.2 Å². The third-order valence-corrected chi connectivity index (χ3v) is 4.19. The number of hydrazine groups is 1. The predicted molar refractivity (Wildman–Crippen MR) is 89.7 cm³/mol. The zero-order chi connectivity index (χ0) is 19.1. The first-order chi connectivity index (χ1) is 12.2. The molecule has 2 aromatic heterocycles. The van der Waals surface area contributed by atoms with Gasteiger partial charge in [-0.15, -0.1) is 0 Å². The minimum absolute atomic E-state index is 0.00729. The Morgan fingerprint density at radius 2 is 2.00 bits per heavy atom. The Morgan fingerprint density at radius 3 is 2.62 bits per heavy atom. The molecule has 136 valence electrons. The minimum Gasteiger partial charge on any atom is -0.289 e. The molecule has 3 rings (SSSR count). The molecule has 3 aromatic rings. The van der Waals surface area contributed by atoms with E-state index in [2.05, 4.69) is 10.1 Å². The van der Waals surface area contributed by atoms with Crippen LogP contribution < -0.4 is 11.3 Å². The van der Waals surface area contributed by atoms with E-state index >= 15 is 0 Å². The summed E-state index contributed by atoms with van der Waals surface area (Å²) in [7, 11) is 0. The summed E-state index contributed by atoms with van der Waals surface area (Å²) in [4.78, 5) is 15.6. The van der Waals surface area contributed by atoms with Crippen LogP contribution in [0.25, 0.3) is 11.0 Å². The maximum absolute atomic E-state index is 13.0. The number of nitrogens with two attached hydrogens (primary N) is 1. The highest BCUT2D eigenvalue weighted by molar-refractivity contribution is 6.35. The van der Waals surface area contributed by atoms with Crippen LogP contribution in [0.4, 0.5) is 13.2 Å². The Labute approximate surface area is 154 Å². The molecular weight excluding hydrogens is 394 g/mol. The van der Waals surface area contributed by atoms with Crippen molar-refractivity contribution in [3.8, 4) is 0 Å². The number of amides is 1. The van der Waals surface area contributed by atoms with Gasteiger partial charge in [0.15, 0.2) is 5.69 Å². The quantitative estimate of drug-likeness (QED) is 0.398. The Bertz CT molecular complexity index is 1000. The van der Waals surface area contributed by atoms with Crippen LogP contribution in [-0.4, -0.2) is 20.7 Å². The van der Waals surface area contributed by atoms with E-state index in [1.807, 2.05) is 5.43 Å². The molecule has 1 amide bonds. The van der Waals surface area contributed by atoms with E-state index in [9.17, 15) is 18.0 Å². The number of carbonyl (C=O) groups is 1. The fourth-order valence-electron chi connectivity index (χ4n) is 2.36. The van der Waals surface area contributed by atoms with Crippen molar-refractivity contribution in [2.75, 3.05) is 0 Å². The monoisotopic (exact) mass is 403 g/mol. The van der Waals surface area contributed by atoms with E-state index in [0.717, 1.165) is 6.07 Å². The highest BCUT2D eigenvalue weighted by Crippen LogP contribution is 2.31. The molecule has 0 aliphatic heterocycles. The fourth-order valence-corrected chi connectivity index (χ4v) is 2.83. The normalized spacial score (nSPS) is 11.8. The van der Waals surface area contributed by atoms with Gasteiger partial charge in [-0.2, -0.15) is 18.3 Å². The van der Waals surface area contributed by atoms with Crippen molar-refractivity contribution in [2.45, 2.75) is 12.7 Å². The Hall–Kier alpha value is -2.36. The number of nitrogen functional groups attached to an aromatic ring is 1. The molecule has 1 aromatic carbocycles. The summed E-state index contributed by atoms with van der Waals surface area (Å²) in [5, 5.41) is 4.77. The molecule has 0 atom stereocenters. The van der Waals surface area contributed by atoms with Gasteiger partial charge in [-0.1, -0.05) is 29.3 Å². The largest absolute Gasteiger partial charge is 0.417 e. The van der Waals surface area contributed by atoms with Gasteiger partial charge >= 0.3 is 6.18 Å². The van der Waals surface area contributed by atoms with Gasteiger partial charge in [0.1, 0.15) is 5.52 Å². The van der Waals surface area contributed by atoms with E-state index in [1.165, 1.54) is 10.7 Å². The number of pyridine rings is 1. The van der Waals surface area contributed by atoms with Gasteiger partial charge in [0.05, 0.1) is 17.6 Å². The summed E-state index contributed by atoms with van der Waals surface area (Å²) >= 11 is 12.0. The molecule has 0 fully saturated rings. The number of hydrogen-bond acceptors (Lipinski definition) is 4. The Morgan fingerprint density at radius 1 is 1.27 bits per heavy atom. The first kappa shape index (κ1) is 18.4. The number of fused-ring (bicyclic) bond motifs is 1. The van der Waals surface area contributed by atoms with Gasteiger partial charge in [0.25, 0.3) is 5.91 Å². The molecule has 0 radical (unpaired) electrons. The number of alkyl halides is 3. The number of hydrogen-bond donors (Lipinski definition) is 2. The van der Waals surface area contributed by atoms with Gasteiger partial charge in [-0.25, -0.2) is 5.84 Å². The van der Waals surface area contributed by atoms with Gasteiger partial charge in [-0.3, -0.25) is 19.9 Å². The van der Waals surface area contributed by atoms with Gasteiger partial charge in [0, 0.05) is 16.2 Å². The molecule has 11 heteroatoms. The van der Waals surface area contributed by atoms with Crippen LogP contribution in [0.3, 0.4) is 0 Å². The highest BCUT2D eigenvalue weighted by Gasteiger charge is 2.32. The molecule has 6 nitrogen and oxygen atoms in total. The summed E-state index contributed by atoms with van der Waals surface area (Å²) in [5.74, 6) is 4.33. The van der Waals surface area contributed by atoms with E-state index < -0.39 is 17.6 Å². The maximum Gasteiger partial charge on any atom is 0.417 e. The minimum atomic E-state index is -4.59. The van der Waals surface area contributed by atoms with Crippen LogP contribution >= 0.6 is 23.2 Å². The van der Waals surface area contributed by atoms with Crippen LogP contribution in [0.5, 0.6) is 0 Å².